The van der Waals surface area contributed by atoms with Gasteiger partial charge in [-0.1, -0.05) is 12.8 Å². The topological polar surface area (TPSA) is 62.2 Å². The molecule has 0 unspecified atom stereocenters. The molecule has 7 rings (SSSR count). The third-order valence-electron chi connectivity index (χ3n) is 9.89. The number of hydrogen-bond acceptors (Lipinski definition) is 7. The largest absolute Gasteiger partial charge is 0.508 e. The molecule has 3 aliphatic rings. The van der Waals surface area contributed by atoms with Gasteiger partial charge in [-0.25, -0.2) is 4.39 Å². The van der Waals surface area contributed by atoms with Gasteiger partial charge in [-0.05, 0) is 137 Å². The van der Waals surface area contributed by atoms with Gasteiger partial charge in [-0.2, -0.15) is 0 Å². The maximum absolute atomic E-state index is 15.7. The minimum atomic E-state index is -0.511. The maximum atomic E-state index is 15.7. The van der Waals surface area contributed by atoms with Crippen molar-refractivity contribution in [3.05, 3.63) is 77.6 Å². The second kappa shape index (κ2) is 14.1. The monoisotopic (exact) mass is 642 g/mol. The maximum Gasteiger partial charge on any atom is 0.195 e. The molecule has 4 aromatic rings. The molecule has 1 N–H and O–H groups in total. The number of phenolic OH excluding ortho intramolecular Hbond substituents is 1. The van der Waals surface area contributed by atoms with Gasteiger partial charge in [0.1, 0.15) is 24.2 Å². The van der Waals surface area contributed by atoms with Gasteiger partial charge in [0.05, 0.1) is 0 Å². The molecule has 1 aromatic heterocycles. The van der Waals surface area contributed by atoms with Crippen molar-refractivity contribution in [2.75, 3.05) is 39.3 Å². The van der Waals surface area contributed by atoms with E-state index in [1.807, 2.05) is 24.3 Å². The van der Waals surface area contributed by atoms with Crippen molar-refractivity contribution in [1.82, 2.24) is 9.80 Å². The van der Waals surface area contributed by atoms with Gasteiger partial charge >= 0.3 is 0 Å². The highest BCUT2D eigenvalue weighted by Gasteiger charge is 2.33. The van der Waals surface area contributed by atoms with E-state index in [9.17, 15) is 9.90 Å². The number of piperidine rings is 1. The van der Waals surface area contributed by atoms with Crippen LogP contribution in [0.25, 0.3) is 20.5 Å². The highest BCUT2D eigenvalue weighted by atomic mass is 32.1. The Labute approximate surface area is 274 Å². The molecule has 8 heteroatoms. The second-order valence-corrected chi connectivity index (χ2v) is 14.0. The summed E-state index contributed by atoms with van der Waals surface area (Å²) in [5.74, 6) is 0.369. The van der Waals surface area contributed by atoms with Crippen LogP contribution in [0.15, 0.2) is 60.7 Å². The molecule has 6 nitrogen and oxygen atoms in total. The molecule has 46 heavy (non-hydrogen) atoms. The third-order valence-corrected chi connectivity index (χ3v) is 11.1. The van der Waals surface area contributed by atoms with Crippen molar-refractivity contribution in [3.63, 3.8) is 0 Å². The summed E-state index contributed by atoms with van der Waals surface area (Å²) in [6, 6.07) is 17.8. The number of ketones is 1. The molecular weight excluding hydrogens is 599 g/mol. The van der Waals surface area contributed by atoms with Crippen LogP contribution in [-0.4, -0.2) is 72.2 Å². The van der Waals surface area contributed by atoms with Gasteiger partial charge in [-0.15, -0.1) is 11.3 Å². The lowest BCUT2D eigenvalue weighted by Gasteiger charge is -2.41. The molecule has 0 bridgehead atoms. The zero-order valence-electron chi connectivity index (χ0n) is 26.4. The van der Waals surface area contributed by atoms with Gasteiger partial charge in [-0.3, -0.25) is 14.6 Å². The van der Waals surface area contributed by atoms with Gasteiger partial charge in [0.2, 0.25) is 0 Å². The SMILES string of the molecule is O=C(c1ccc(O[C@@H]2CCCC[C@H]2N2CCCCC2)c(F)c1)c1c(-c2ccc(OCCN3CCCC3)cc2)sc2cc(O)ccc12. The fraction of sp³-hybridized carbons (Fsp3) is 0.447. The summed E-state index contributed by atoms with van der Waals surface area (Å²) >= 11 is 1.45. The Morgan fingerprint density at radius 2 is 1.63 bits per heavy atom. The molecule has 2 atom stereocenters. The number of aromatic hydroxyl groups is 1. The molecular formula is C38H43FN2O4S. The molecule has 3 aromatic carbocycles. The van der Waals surface area contributed by atoms with E-state index < -0.39 is 5.82 Å². The minimum Gasteiger partial charge on any atom is -0.508 e. The van der Waals surface area contributed by atoms with Crippen molar-refractivity contribution in [2.24, 2.45) is 0 Å². The second-order valence-electron chi connectivity index (χ2n) is 13.0. The van der Waals surface area contributed by atoms with Crippen molar-refractivity contribution in [2.45, 2.75) is 69.9 Å². The molecule has 0 amide bonds. The van der Waals surface area contributed by atoms with E-state index in [1.165, 1.54) is 55.9 Å². The van der Waals surface area contributed by atoms with E-state index >= 15 is 4.39 Å². The number of likely N-dealkylation sites (tertiary alicyclic amines) is 2. The first-order chi connectivity index (χ1) is 22.5. The molecule has 3 fully saturated rings. The number of hydrogen-bond donors (Lipinski definition) is 1. The smallest absolute Gasteiger partial charge is 0.195 e. The lowest BCUT2D eigenvalue weighted by atomic mass is 9.90. The fourth-order valence-electron chi connectivity index (χ4n) is 7.44. The first-order valence-corrected chi connectivity index (χ1v) is 17.8. The zero-order chi connectivity index (χ0) is 31.5. The van der Waals surface area contributed by atoms with Crippen LogP contribution in [-0.2, 0) is 0 Å². The zero-order valence-corrected chi connectivity index (χ0v) is 27.2. The van der Waals surface area contributed by atoms with E-state index in [0.717, 1.165) is 78.3 Å². The molecule has 242 valence electrons. The third kappa shape index (κ3) is 6.80. The summed E-state index contributed by atoms with van der Waals surface area (Å²) in [6.07, 6.45) is 10.4. The highest BCUT2D eigenvalue weighted by Crippen LogP contribution is 2.42. The van der Waals surface area contributed by atoms with E-state index in [2.05, 4.69) is 9.80 Å². The Bertz CT molecular complexity index is 1660. The van der Waals surface area contributed by atoms with Gasteiger partial charge < -0.3 is 14.6 Å². The summed E-state index contributed by atoms with van der Waals surface area (Å²) in [6.45, 7) is 6.00. The molecule has 1 aliphatic carbocycles. The first kappa shape index (κ1) is 31.2. The lowest BCUT2D eigenvalue weighted by molar-refractivity contribution is 0.0242. The summed E-state index contributed by atoms with van der Waals surface area (Å²) in [5, 5.41) is 10.9. The van der Waals surface area contributed by atoms with Crippen LogP contribution in [0, 0.1) is 5.82 Å². The van der Waals surface area contributed by atoms with E-state index in [-0.39, 0.29) is 28.9 Å². The van der Waals surface area contributed by atoms with Gasteiger partial charge in [0.15, 0.2) is 17.3 Å². The molecule has 0 radical (unpaired) electrons. The Morgan fingerprint density at radius 3 is 2.41 bits per heavy atom. The van der Waals surface area contributed by atoms with Crippen LogP contribution in [0.1, 0.15) is 73.7 Å². The van der Waals surface area contributed by atoms with Crippen molar-refractivity contribution >= 4 is 27.2 Å². The predicted molar refractivity (Wildman–Crippen MR) is 182 cm³/mol. The number of carbonyl (C=O) groups is 1. The molecule has 1 saturated carbocycles. The number of fused-ring (bicyclic) bond motifs is 1. The highest BCUT2D eigenvalue weighted by molar-refractivity contribution is 7.22. The number of thiophene rings is 1. The van der Waals surface area contributed by atoms with Crippen LogP contribution in [0.2, 0.25) is 0 Å². The van der Waals surface area contributed by atoms with E-state index in [1.54, 1.807) is 30.3 Å². The Morgan fingerprint density at radius 1 is 0.870 bits per heavy atom. The normalized spacial score (nSPS) is 21.1. The quantitative estimate of drug-likeness (QED) is 0.176. The molecule has 2 saturated heterocycles. The van der Waals surface area contributed by atoms with Crippen LogP contribution < -0.4 is 9.47 Å². The average Bonchev–Trinajstić information content (AvgIpc) is 3.74. The number of halogens is 1. The summed E-state index contributed by atoms with van der Waals surface area (Å²) in [5.41, 5.74) is 1.66. The number of nitrogens with zero attached hydrogens (tertiary/aromatic N) is 2. The molecule has 0 spiro atoms. The number of benzene rings is 3. The standard InChI is InChI=1S/C38H43FN2O4S/c39-31-24-27(12-17-33(31)45-34-9-3-2-8-32(34)41-20-4-1-5-21-41)37(43)36-30-16-13-28(42)25-35(30)46-38(36)26-10-14-29(15-11-26)44-23-22-40-18-6-7-19-40/h10-17,24-25,32,34,42H,1-9,18-23H2/t32-,34-/m1/s1. The molecule has 2 aliphatic heterocycles. The van der Waals surface area contributed by atoms with Crippen LogP contribution >= 0.6 is 11.3 Å². The van der Waals surface area contributed by atoms with Gasteiger partial charge in [0.25, 0.3) is 0 Å². The van der Waals surface area contributed by atoms with Crippen molar-refractivity contribution in [3.8, 4) is 27.7 Å². The van der Waals surface area contributed by atoms with Crippen LogP contribution in [0.3, 0.4) is 0 Å². The Kier molecular flexibility index (Phi) is 9.56. The number of phenols is 1. The Balaban J connectivity index is 1.12. The van der Waals surface area contributed by atoms with Crippen LogP contribution in [0.4, 0.5) is 4.39 Å². The lowest BCUT2D eigenvalue weighted by Crippen LogP contribution is -2.49. The Hall–Kier alpha value is -3.46. The number of rotatable bonds is 10. The van der Waals surface area contributed by atoms with Gasteiger partial charge in [0, 0.05) is 38.7 Å². The number of ether oxygens (including phenoxy) is 2. The molecule has 3 heterocycles. The van der Waals surface area contributed by atoms with E-state index in [0.29, 0.717) is 18.2 Å². The van der Waals surface area contributed by atoms with E-state index in [4.69, 9.17) is 9.47 Å². The average molecular weight is 643 g/mol. The summed E-state index contributed by atoms with van der Waals surface area (Å²) in [7, 11) is 0. The fourth-order valence-corrected chi connectivity index (χ4v) is 8.68. The van der Waals surface area contributed by atoms with Crippen LogP contribution in [0.5, 0.6) is 17.2 Å². The van der Waals surface area contributed by atoms with Crippen molar-refractivity contribution < 1.29 is 23.8 Å². The van der Waals surface area contributed by atoms with Crippen molar-refractivity contribution in [1.29, 1.82) is 0 Å². The minimum absolute atomic E-state index is 0.0461. The summed E-state index contributed by atoms with van der Waals surface area (Å²) < 4.78 is 28.8. The predicted octanol–water partition coefficient (Wildman–Crippen LogP) is 8.29. The number of carbonyl (C=O) groups excluding carboxylic acids is 1. The summed E-state index contributed by atoms with van der Waals surface area (Å²) in [4.78, 5) is 19.9. The first-order valence-electron chi connectivity index (χ1n) is 17.0.